The minimum absolute atomic E-state index is 0.530. The molecule has 0 bridgehead atoms. The van der Waals surface area contributed by atoms with Gasteiger partial charge in [0, 0.05) is 11.6 Å². The van der Waals surface area contributed by atoms with E-state index in [0.717, 1.165) is 5.39 Å². The van der Waals surface area contributed by atoms with Crippen molar-refractivity contribution >= 4 is 33.1 Å². The Balaban J connectivity index is 2.44. The Bertz CT molecular complexity index is 732. The Morgan fingerprint density at radius 2 is 1.72 bits per heavy atom. The van der Waals surface area contributed by atoms with Gasteiger partial charge in [-0.05, 0) is 33.7 Å². The van der Waals surface area contributed by atoms with Crippen molar-refractivity contribution in [2.75, 3.05) is 0 Å². The van der Waals surface area contributed by atoms with Crippen molar-refractivity contribution in [1.82, 2.24) is 4.98 Å². The summed E-state index contributed by atoms with van der Waals surface area (Å²) in [5, 5.41) is 5.27. The molecule has 1 heterocycles. The monoisotopic (exact) mass is 255 g/mol. The highest BCUT2D eigenvalue weighted by Gasteiger charge is 2.06. The lowest BCUT2D eigenvalue weighted by atomic mass is 9.96. The van der Waals surface area contributed by atoms with Gasteiger partial charge in [0.2, 0.25) is 0 Å². The smallest absolute Gasteiger partial charge is 0.136 e. The molecule has 3 rings (SSSR count). The lowest BCUT2D eigenvalue weighted by Gasteiger charge is -2.09. The van der Waals surface area contributed by atoms with Crippen molar-refractivity contribution in [3.8, 4) is 0 Å². The van der Waals surface area contributed by atoms with E-state index in [1.807, 2.05) is 12.1 Å². The van der Waals surface area contributed by atoms with Gasteiger partial charge < -0.3 is 0 Å². The van der Waals surface area contributed by atoms with Gasteiger partial charge in [-0.25, -0.2) is 4.98 Å². The van der Waals surface area contributed by atoms with E-state index in [9.17, 15) is 0 Å². The zero-order chi connectivity index (χ0) is 12.7. The molecule has 0 aliphatic heterocycles. The Morgan fingerprint density at radius 1 is 0.944 bits per heavy atom. The van der Waals surface area contributed by atoms with Gasteiger partial charge in [-0.3, -0.25) is 0 Å². The van der Waals surface area contributed by atoms with Gasteiger partial charge >= 0.3 is 0 Å². The standard InChI is InChI=1S/C16H14ClN/c1-10(2)12-4-3-11-5-6-14-13(15(11)9-12)7-8-18-16(14)17/h3-10H,1-2H3. The van der Waals surface area contributed by atoms with E-state index in [2.05, 4.69) is 43.1 Å². The summed E-state index contributed by atoms with van der Waals surface area (Å²) in [4.78, 5) is 4.14. The normalized spacial score (nSPS) is 11.6. The van der Waals surface area contributed by atoms with Crippen molar-refractivity contribution in [1.29, 1.82) is 0 Å². The molecule has 0 spiro atoms. The first-order valence-electron chi connectivity index (χ1n) is 6.13. The van der Waals surface area contributed by atoms with Crippen molar-refractivity contribution in [2.24, 2.45) is 0 Å². The number of rotatable bonds is 1. The Labute approximate surface area is 111 Å². The molecule has 0 amide bonds. The first kappa shape index (κ1) is 11.5. The van der Waals surface area contributed by atoms with Crippen LogP contribution in [0.4, 0.5) is 0 Å². The van der Waals surface area contributed by atoms with Gasteiger partial charge in [0.25, 0.3) is 0 Å². The lowest BCUT2D eigenvalue weighted by Crippen LogP contribution is -1.88. The van der Waals surface area contributed by atoms with Gasteiger partial charge in [0.05, 0.1) is 0 Å². The minimum Gasteiger partial charge on any atom is -0.244 e. The molecule has 0 saturated carbocycles. The predicted octanol–water partition coefficient (Wildman–Crippen LogP) is 5.16. The molecule has 2 aromatic carbocycles. The fourth-order valence-corrected chi connectivity index (χ4v) is 2.55. The van der Waals surface area contributed by atoms with Crippen LogP contribution in [0, 0.1) is 0 Å². The summed E-state index contributed by atoms with van der Waals surface area (Å²) in [7, 11) is 0. The molecule has 1 nitrogen and oxygen atoms in total. The van der Waals surface area contributed by atoms with Crippen LogP contribution in [-0.2, 0) is 0 Å². The van der Waals surface area contributed by atoms with Crippen LogP contribution in [0.1, 0.15) is 25.3 Å². The van der Waals surface area contributed by atoms with E-state index in [1.165, 1.54) is 21.7 Å². The molecule has 0 aliphatic carbocycles. The lowest BCUT2D eigenvalue weighted by molar-refractivity contribution is 0.869. The summed E-state index contributed by atoms with van der Waals surface area (Å²) in [6.45, 7) is 4.42. The molecule has 0 atom stereocenters. The van der Waals surface area contributed by atoms with Crippen LogP contribution < -0.4 is 0 Å². The zero-order valence-electron chi connectivity index (χ0n) is 10.4. The topological polar surface area (TPSA) is 12.9 Å². The molecule has 2 heteroatoms. The number of fused-ring (bicyclic) bond motifs is 3. The summed E-state index contributed by atoms with van der Waals surface area (Å²) in [6.07, 6.45) is 1.77. The maximum Gasteiger partial charge on any atom is 0.136 e. The predicted molar refractivity (Wildman–Crippen MR) is 78.3 cm³/mol. The van der Waals surface area contributed by atoms with Gasteiger partial charge in [0.15, 0.2) is 0 Å². The molecule has 0 unspecified atom stereocenters. The second kappa shape index (κ2) is 4.25. The highest BCUT2D eigenvalue weighted by molar-refractivity contribution is 6.35. The Morgan fingerprint density at radius 3 is 2.50 bits per heavy atom. The van der Waals surface area contributed by atoms with Crippen molar-refractivity contribution in [3.05, 3.63) is 53.3 Å². The van der Waals surface area contributed by atoms with Crippen LogP contribution in [0.5, 0.6) is 0 Å². The summed E-state index contributed by atoms with van der Waals surface area (Å²) in [5.74, 6) is 0.530. The van der Waals surface area contributed by atoms with Crippen molar-refractivity contribution in [3.63, 3.8) is 0 Å². The summed E-state index contributed by atoms with van der Waals surface area (Å²) < 4.78 is 0. The van der Waals surface area contributed by atoms with Gasteiger partial charge in [-0.2, -0.15) is 0 Å². The quantitative estimate of drug-likeness (QED) is 0.432. The van der Waals surface area contributed by atoms with E-state index in [-0.39, 0.29) is 0 Å². The number of aromatic nitrogens is 1. The SMILES string of the molecule is CC(C)c1ccc2ccc3c(Cl)nccc3c2c1. The van der Waals surface area contributed by atoms with Crippen LogP contribution in [0.25, 0.3) is 21.5 Å². The molecule has 0 aliphatic rings. The molecule has 0 saturated heterocycles. The number of hydrogen-bond acceptors (Lipinski definition) is 1. The van der Waals surface area contributed by atoms with E-state index < -0.39 is 0 Å². The Kier molecular flexibility index (Phi) is 2.71. The number of nitrogens with zero attached hydrogens (tertiary/aromatic N) is 1. The van der Waals surface area contributed by atoms with E-state index >= 15 is 0 Å². The molecular formula is C16H14ClN. The van der Waals surface area contributed by atoms with Gasteiger partial charge in [-0.15, -0.1) is 0 Å². The molecule has 1 aromatic heterocycles. The fraction of sp³-hybridized carbons (Fsp3) is 0.188. The maximum atomic E-state index is 6.15. The largest absolute Gasteiger partial charge is 0.244 e. The van der Waals surface area contributed by atoms with Crippen LogP contribution >= 0.6 is 11.6 Å². The van der Waals surface area contributed by atoms with Gasteiger partial charge in [0.1, 0.15) is 5.15 Å². The summed E-state index contributed by atoms with van der Waals surface area (Å²) in [5.41, 5.74) is 1.35. The number of halogens is 1. The third-order valence-electron chi connectivity index (χ3n) is 3.41. The second-order valence-electron chi connectivity index (χ2n) is 4.90. The molecular weight excluding hydrogens is 242 g/mol. The molecule has 0 fully saturated rings. The highest BCUT2D eigenvalue weighted by Crippen LogP contribution is 2.30. The van der Waals surface area contributed by atoms with E-state index in [0.29, 0.717) is 11.1 Å². The van der Waals surface area contributed by atoms with Gasteiger partial charge in [-0.1, -0.05) is 55.8 Å². The summed E-state index contributed by atoms with van der Waals surface area (Å²) in [6, 6.07) is 12.8. The second-order valence-corrected chi connectivity index (χ2v) is 5.26. The highest BCUT2D eigenvalue weighted by atomic mass is 35.5. The third-order valence-corrected chi connectivity index (χ3v) is 3.71. The molecule has 3 aromatic rings. The molecule has 18 heavy (non-hydrogen) atoms. The van der Waals surface area contributed by atoms with Crippen LogP contribution in [0.3, 0.4) is 0 Å². The van der Waals surface area contributed by atoms with Crippen LogP contribution in [0.2, 0.25) is 5.15 Å². The van der Waals surface area contributed by atoms with Crippen LogP contribution in [-0.4, -0.2) is 4.98 Å². The average molecular weight is 256 g/mol. The molecule has 0 radical (unpaired) electrons. The Hall–Kier alpha value is -1.60. The number of pyridine rings is 1. The first-order chi connectivity index (χ1) is 8.66. The molecule has 90 valence electrons. The number of hydrogen-bond donors (Lipinski definition) is 0. The van der Waals surface area contributed by atoms with E-state index in [4.69, 9.17) is 11.6 Å². The zero-order valence-corrected chi connectivity index (χ0v) is 11.2. The molecule has 0 N–H and O–H groups in total. The summed E-state index contributed by atoms with van der Waals surface area (Å²) >= 11 is 6.15. The number of benzene rings is 2. The van der Waals surface area contributed by atoms with Crippen molar-refractivity contribution < 1.29 is 0 Å². The first-order valence-corrected chi connectivity index (χ1v) is 6.51. The van der Waals surface area contributed by atoms with Crippen LogP contribution in [0.15, 0.2) is 42.6 Å². The minimum atomic E-state index is 0.530. The van der Waals surface area contributed by atoms with E-state index in [1.54, 1.807) is 6.20 Å². The van der Waals surface area contributed by atoms with Crippen molar-refractivity contribution in [2.45, 2.75) is 19.8 Å². The fourth-order valence-electron chi connectivity index (χ4n) is 2.33. The third kappa shape index (κ3) is 1.75. The maximum absolute atomic E-state index is 6.15. The average Bonchev–Trinajstić information content (AvgIpc) is 2.38.